The van der Waals surface area contributed by atoms with Crippen LogP contribution >= 0.6 is 0 Å². The molecular formula is C16H12F3NO4S. The average Bonchev–Trinajstić information content (AvgIpc) is 2.74. The summed E-state index contributed by atoms with van der Waals surface area (Å²) in [5.41, 5.74) is -1.35. The van der Waals surface area contributed by atoms with E-state index in [4.69, 9.17) is 5.11 Å². The zero-order chi connectivity index (χ0) is 18.4. The smallest absolute Gasteiger partial charge is 0.417 e. The van der Waals surface area contributed by atoms with Crippen molar-refractivity contribution in [3.8, 4) is 0 Å². The van der Waals surface area contributed by atoms with Crippen molar-refractivity contribution in [3.05, 3.63) is 59.7 Å². The first-order valence-electron chi connectivity index (χ1n) is 7.15. The second-order valence-electron chi connectivity index (χ2n) is 5.47. The van der Waals surface area contributed by atoms with Crippen LogP contribution in [0, 0.1) is 0 Å². The molecule has 0 aromatic heterocycles. The van der Waals surface area contributed by atoms with Gasteiger partial charge in [0.15, 0.2) is 0 Å². The van der Waals surface area contributed by atoms with Gasteiger partial charge in [-0.1, -0.05) is 30.3 Å². The van der Waals surface area contributed by atoms with Crippen molar-refractivity contribution < 1.29 is 31.5 Å². The average molecular weight is 371 g/mol. The Morgan fingerprint density at radius 2 is 1.72 bits per heavy atom. The van der Waals surface area contributed by atoms with Crippen LogP contribution in [-0.4, -0.2) is 19.5 Å². The van der Waals surface area contributed by atoms with E-state index in [9.17, 15) is 26.4 Å². The molecule has 0 saturated carbocycles. The maximum absolute atomic E-state index is 13.3. The number of carboxylic acid groups (broad SMARTS) is 1. The molecule has 1 unspecified atom stereocenters. The SMILES string of the molecule is O=C(O)CC1c2cccc(C(F)(F)F)c2S(=O)(=O)N1c1ccccc1. The van der Waals surface area contributed by atoms with Crippen LogP contribution in [0.3, 0.4) is 0 Å². The Hall–Kier alpha value is -2.55. The van der Waals surface area contributed by atoms with E-state index in [1.165, 1.54) is 30.3 Å². The van der Waals surface area contributed by atoms with Gasteiger partial charge in [-0.3, -0.25) is 9.10 Å². The summed E-state index contributed by atoms with van der Waals surface area (Å²) < 4.78 is 66.4. The summed E-state index contributed by atoms with van der Waals surface area (Å²) in [6.45, 7) is 0. The lowest BCUT2D eigenvalue weighted by atomic mass is 10.0. The summed E-state index contributed by atoms with van der Waals surface area (Å²) in [5.74, 6) is -1.31. The number of hydrogen-bond acceptors (Lipinski definition) is 3. The molecule has 5 nitrogen and oxygen atoms in total. The first kappa shape index (κ1) is 17.3. The summed E-state index contributed by atoms with van der Waals surface area (Å²) in [7, 11) is -4.56. The lowest BCUT2D eigenvalue weighted by Crippen LogP contribution is -2.30. The van der Waals surface area contributed by atoms with Crippen LogP contribution in [0.15, 0.2) is 53.4 Å². The first-order chi connectivity index (χ1) is 11.6. The quantitative estimate of drug-likeness (QED) is 0.897. The molecule has 0 amide bonds. The van der Waals surface area contributed by atoms with Crippen LogP contribution < -0.4 is 4.31 Å². The molecule has 2 aromatic rings. The summed E-state index contributed by atoms with van der Waals surface area (Å²) in [6.07, 6.45) is -5.53. The summed E-state index contributed by atoms with van der Waals surface area (Å²) in [6, 6.07) is 9.22. The number of nitrogens with zero attached hydrogens (tertiary/aromatic N) is 1. The number of sulfonamides is 1. The second kappa shape index (κ2) is 5.76. The van der Waals surface area contributed by atoms with Gasteiger partial charge in [0.2, 0.25) is 0 Å². The summed E-state index contributed by atoms with van der Waals surface area (Å²) >= 11 is 0. The number of halogens is 3. The van der Waals surface area contributed by atoms with Gasteiger partial charge in [0.25, 0.3) is 10.0 Å². The van der Waals surface area contributed by atoms with Gasteiger partial charge < -0.3 is 5.11 Å². The topological polar surface area (TPSA) is 74.7 Å². The molecule has 0 spiro atoms. The molecule has 0 saturated heterocycles. The lowest BCUT2D eigenvalue weighted by molar-refractivity contribution is -0.140. The third kappa shape index (κ3) is 2.84. The van der Waals surface area contributed by atoms with Gasteiger partial charge in [0, 0.05) is 0 Å². The molecule has 1 aliphatic heterocycles. The van der Waals surface area contributed by atoms with Crippen LogP contribution in [-0.2, 0) is 21.0 Å². The third-order valence-electron chi connectivity index (χ3n) is 3.89. The Morgan fingerprint density at radius 3 is 2.28 bits per heavy atom. The molecule has 0 bridgehead atoms. The molecule has 3 rings (SSSR count). The maximum atomic E-state index is 13.3. The number of rotatable bonds is 3. The maximum Gasteiger partial charge on any atom is 0.417 e. The first-order valence-corrected chi connectivity index (χ1v) is 8.59. The fourth-order valence-electron chi connectivity index (χ4n) is 2.97. The molecule has 1 N–H and O–H groups in total. The fraction of sp³-hybridized carbons (Fsp3) is 0.188. The van der Waals surface area contributed by atoms with E-state index in [-0.39, 0.29) is 11.3 Å². The number of alkyl halides is 3. The van der Waals surface area contributed by atoms with E-state index >= 15 is 0 Å². The van der Waals surface area contributed by atoms with Crippen molar-refractivity contribution in [2.75, 3.05) is 4.31 Å². The molecule has 25 heavy (non-hydrogen) atoms. The van der Waals surface area contributed by atoms with Crippen molar-refractivity contribution in [2.24, 2.45) is 0 Å². The minimum atomic E-state index is -4.88. The summed E-state index contributed by atoms with van der Waals surface area (Å²) in [5, 5.41) is 9.12. The number of fused-ring (bicyclic) bond motifs is 1. The van der Waals surface area contributed by atoms with E-state index in [1.54, 1.807) is 6.07 Å². The number of anilines is 1. The van der Waals surface area contributed by atoms with E-state index < -0.39 is 45.1 Å². The molecule has 0 aliphatic carbocycles. The Balaban J connectivity index is 2.30. The Bertz CT molecular complexity index is 926. The molecular weight excluding hydrogens is 359 g/mol. The highest BCUT2D eigenvalue weighted by Crippen LogP contribution is 2.48. The Labute approximate surface area is 141 Å². The Kier molecular flexibility index (Phi) is 3.98. The molecule has 2 aromatic carbocycles. The number of carboxylic acids is 1. The van der Waals surface area contributed by atoms with E-state index in [0.29, 0.717) is 6.07 Å². The fourth-order valence-corrected chi connectivity index (χ4v) is 5.06. The standard InChI is InChI=1S/C16H12F3NO4S/c17-16(18,19)12-8-4-7-11-13(9-14(21)22)20(25(23,24)15(11)12)10-5-2-1-3-6-10/h1-8,13H,9H2,(H,21,22). The van der Waals surface area contributed by atoms with E-state index in [2.05, 4.69) is 0 Å². The van der Waals surface area contributed by atoms with Gasteiger partial charge in [-0.25, -0.2) is 8.42 Å². The number of para-hydroxylation sites is 1. The van der Waals surface area contributed by atoms with Crippen LogP contribution in [0.4, 0.5) is 18.9 Å². The second-order valence-corrected chi connectivity index (χ2v) is 7.22. The Morgan fingerprint density at radius 1 is 1.08 bits per heavy atom. The molecule has 0 fully saturated rings. The van der Waals surface area contributed by atoms with Crippen LogP contribution in [0.5, 0.6) is 0 Å². The minimum absolute atomic E-state index is 0.109. The van der Waals surface area contributed by atoms with Gasteiger partial charge in [-0.15, -0.1) is 0 Å². The predicted octanol–water partition coefficient (Wildman–Crippen LogP) is 3.43. The van der Waals surface area contributed by atoms with Crippen LogP contribution in [0.25, 0.3) is 0 Å². The third-order valence-corrected chi connectivity index (χ3v) is 5.84. The molecule has 1 aliphatic rings. The van der Waals surface area contributed by atoms with E-state index in [1.807, 2.05) is 0 Å². The van der Waals surface area contributed by atoms with Gasteiger partial charge in [-0.2, -0.15) is 13.2 Å². The van der Waals surface area contributed by atoms with Crippen molar-refractivity contribution in [2.45, 2.75) is 23.5 Å². The highest BCUT2D eigenvalue weighted by Gasteiger charge is 2.49. The number of hydrogen-bond donors (Lipinski definition) is 1. The van der Waals surface area contributed by atoms with Crippen molar-refractivity contribution in [1.82, 2.24) is 0 Å². The highest BCUT2D eigenvalue weighted by molar-refractivity contribution is 7.93. The van der Waals surface area contributed by atoms with Crippen LogP contribution in [0.1, 0.15) is 23.6 Å². The largest absolute Gasteiger partial charge is 0.481 e. The monoisotopic (exact) mass is 371 g/mol. The van der Waals surface area contributed by atoms with Crippen molar-refractivity contribution in [3.63, 3.8) is 0 Å². The number of carbonyl (C=O) groups is 1. The van der Waals surface area contributed by atoms with Crippen LogP contribution in [0.2, 0.25) is 0 Å². The number of benzene rings is 2. The normalized spacial score (nSPS) is 18.8. The van der Waals surface area contributed by atoms with Crippen molar-refractivity contribution >= 4 is 21.7 Å². The highest BCUT2D eigenvalue weighted by atomic mass is 32.2. The van der Waals surface area contributed by atoms with Gasteiger partial charge >= 0.3 is 12.1 Å². The minimum Gasteiger partial charge on any atom is -0.481 e. The molecule has 9 heteroatoms. The molecule has 132 valence electrons. The van der Waals surface area contributed by atoms with Crippen molar-refractivity contribution in [1.29, 1.82) is 0 Å². The summed E-state index contributed by atoms with van der Waals surface area (Å²) in [4.78, 5) is 10.3. The molecule has 1 atom stereocenters. The zero-order valence-electron chi connectivity index (χ0n) is 12.6. The zero-order valence-corrected chi connectivity index (χ0v) is 13.4. The van der Waals surface area contributed by atoms with E-state index in [0.717, 1.165) is 10.4 Å². The molecule has 1 heterocycles. The predicted molar refractivity (Wildman–Crippen MR) is 82.5 cm³/mol. The van der Waals surface area contributed by atoms with Gasteiger partial charge in [-0.05, 0) is 23.8 Å². The number of aliphatic carboxylic acids is 1. The van der Waals surface area contributed by atoms with Gasteiger partial charge in [0.1, 0.15) is 4.90 Å². The van der Waals surface area contributed by atoms with Gasteiger partial charge in [0.05, 0.1) is 23.7 Å². The molecule has 0 radical (unpaired) electrons. The lowest BCUT2D eigenvalue weighted by Gasteiger charge is -2.24.